The van der Waals surface area contributed by atoms with Gasteiger partial charge in [0.2, 0.25) is 5.91 Å². The number of primary amides is 1. The maximum atomic E-state index is 13.8. The molecule has 0 unspecified atom stereocenters. The van der Waals surface area contributed by atoms with Gasteiger partial charge < -0.3 is 25.4 Å². The van der Waals surface area contributed by atoms with Crippen LogP contribution in [-0.4, -0.2) is 64.6 Å². The number of hydrazine groups is 1. The molecule has 0 aliphatic carbocycles. The molecular weight excluding hydrogens is 514 g/mol. The number of carbonyl (C=O) groups excluding carboxylic acids is 4. The van der Waals surface area contributed by atoms with Gasteiger partial charge in [0.05, 0.1) is 6.10 Å². The molecule has 4 N–H and O–H groups in total. The monoisotopic (exact) mass is 553 g/mol. The van der Waals surface area contributed by atoms with Gasteiger partial charge in [0.1, 0.15) is 24.4 Å². The number of urea groups is 1. The molecule has 5 amide bonds. The van der Waals surface area contributed by atoms with Crippen molar-refractivity contribution in [2.24, 2.45) is 5.73 Å². The van der Waals surface area contributed by atoms with Gasteiger partial charge in [0, 0.05) is 19.0 Å². The van der Waals surface area contributed by atoms with Crippen molar-refractivity contribution in [2.75, 3.05) is 6.54 Å². The molecule has 0 saturated carbocycles. The zero-order chi connectivity index (χ0) is 29.2. The van der Waals surface area contributed by atoms with E-state index in [0.717, 1.165) is 16.1 Å². The fourth-order valence-corrected chi connectivity index (χ4v) is 4.52. The number of likely N-dealkylation sites (tertiary alicyclic amines) is 1. The van der Waals surface area contributed by atoms with Crippen LogP contribution in [0, 0.1) is 0 Å². The van der Waals surface area contributed by atoms with Crippen LogP contribution >= 0.6 is 0 Å². The van der Waals surface area contributed by atoms with Crippen molar-refractivity contribution < 1.29 is 28.7 Å². The number of rotatable bonds is 10. The lowest BCUT2D eigenvalue weighted by Gasteiger charge is -2.33. The number of benzene rings is 2. The first-order valence-electron chi connectivity index (χ1n) is 13.5. The standard InChI is InChI=1S/C29H39N5O6/c1-19(2)34(32-28(30)37)27(36)25-11-8-16-33(25)26(35)24(17-21-12-14-23(15-13-21)40-20(3)4)31-29(38)39-18-22-9-6-5-7-10-22/h5-7,9-10,12-15,19-20,24-25H,8,11,16-18H2,1-4H3,(H,31,38)(H3,30,32,37)/t24-,25-/m0/s1. The van der Waals surface area contributed by atoms with Gasteiger partial charge in [0.25, 0.3) is 5.91 Å². The van der Waals surface area contributed by atoms with Crippen molar-refractivity contribution >= 4 is 23.9 Å². The number of nitrogens with two attached hydrogens (primary N) is 1. The Hall–Kier alpha value is -4.28. The highest BCUT2D eigenvalue weighted by Crippen LogP contribution is 2.23. The second-order valence-corrected chi connectivity index (χ2v) is 10.2. The molecule has 1 aliphatic heterocycles. The van der Waals surface area contributed by atoms with E-state index in [0.29, 0.717) is 25.1 Å². The van der Waals surface area contributed by atoms with Crippen LogP contribution in [0.2, 0.25) is 0 Å². The zero-order valence-electron chi connectivity index (χ0n) is 23.5. The molecule has 0 bridgehead atoms. The van der Waals surface area contributed by atoms with Gasteiger partial charge in [-0.25, -0.2) is 20.0 Å². The normalized spacial score (nSPS) is 15.4. The molecule has 40 heavy (non-hydrogen) atoms. The maximum absolute atomic E-state index is 13.8. The number of carbonyl (C=O) groups is 4. The molecule has 0 aromatic heterocycles. The lowest BCUT2D eigenvalue weighted by molar-refractivity contribution is -0.147. The Kier molecular flexibility index (Phi) is 10.7. The molecule has 1 aliphatic rings. The van der Waals surface area contributed by atoms with E-state index >= 15 is 0 Å². The minimum absolute atomic E-state index is 0.0142. The van der Waals surface area contributed by atoms with Crippen molar-refractivity contribution in [2.45, 2.75) is 77.8 Å². The van der Waals surface area contributed by atoms with Crippen LogP contribution in [0.25, 0.3) is 0 Å². The second-order valence-electron chi connectivity index (χ2n) is 10.2. The number of nitrogens with zero attached hydrogens (tertiary/aromatic N) is 2. The summed E-state index contributed by atoms with van der Waals surface area (Å²) in [6.07, 6.45) is 0.451. The number of hydrogen-bond acceptors (Lipinski definition) is 6. The van der Waals surface area contributed by atoms with Gasteiger partial charge in [-0.05, 0) is 63.8 Å². The number of nitrogens with one attached hydrogen (secondary N) is 2. The number of hydrogen-bond donors (Lipinski definition) is 3. The van der Waals surface area contributed by atoms with Gasteiger partial charge >= 0.3 is 12.1 Å². The van der Waals surface area contributed by atoms with Gasteiger partial charge in [-0.1, -0.05) is 42.5 Å². The Morgan fingerprint density at radius 3 is 2.27 bits per heavy atom. The molecule has 11 heteroatoms. The number of alkyl carbamates (subject to hydrolysis) is 1. The molecule has 11 nitrogen and oxygen atoms in total. The van der Waals surface area contributed by atoms with Crippen LogP contribution < -0.4 is 21.2 Å². The molecule has 2 atom stereocenters. The quantitative estimate of drug-likeness (QED) is 0.386. The van der Waals surface area contributed by atoms with Crippen molar-refractivity contribution in [3.05, 3.63) is 65.7 Å². The fourth-order valence-electron chi connectivity index (χ4n) is 4.52. The lowest BCUT2D eigenvalue weighted by atomic mass is 10.0. The largest absolute Gasteiger partial charge is 0.491 e. The van der Waals surface area contributed by atoms with E-state index in [9.17, 15) is 19.2 Å². The zero-order valence-corrected chi connectivity index (χ0v) is 23.5. The van der Waals surface area contributed by atoms with E-state index in [4.69, 9.17) is 15.2 Å². The number of ether oxygens (including phenoxy) is 2. The first-order valence-corrected chi connectivity index (χ1v) is 13.5. The summed E-state index contributed by atoms with van der Waals surface area (Å²) in [6, 6.07) is 13.4. The summed E-state index contributed by atoms with van der Waals surface area (Å²) >= 11 is 0. The predicted molar refractivity (Wildman–Crippen MR) is 149 cm³/mol. The third-order valence-corrected chi connectivity index (χ3v) is 6.34. The van der Waals surface area contributed by atoms with E-state index in [2.05, 4.69) is 10.7 Å². The molecule has 1 heterocycles. The van der Waals surface area contributed by atoms with Crippen molar-refractivity contribution in [1.29, 1.82) is 0 Å². The molecule has 2 aromatic carbocycles. The van der Waals surface area contributed by atoms with Gasteiger partial charge in [0.15, 0.2) is 0 Å². The third kappa shape index (κ3) is 8.62. The molecular formula is C29H39N5O6. The Balaban J connectivity index is 1.79. The van der Waals surface area contributed by atoms with E-state index in [-0.39, 0.29) is 25.2 Å². The average molecular weight is 554 g/mol. The summed E-state index contributed by atoms with van der Waals surface area (Å²) in [7, 11) is 0. The highest BCUT2D eigenvalue weighted by Gasteiger charge is 2.40. The van der Waals surface area contributed by atoms with Crippen LogP contribution in [0.5, 0.6) is 5.75 Å². The Labute approximate surface area is 234 Å². The summed E-state index contributed by atoms with van der Waals surface area (Å²) in [5.41, 5.74) is 9.21. The molecule has 0 spiro atoms. The fraction of sp³-hybridized carbons (Fsp3) is 0.448. The molecule has 2 aromatic rings. The smallest absolute Gasteiger partial charge is 0.408 e. The topological polar surface area (TPSA) is 143 Å². The molecule has 0 radical (unpaired) electrons. The summed E-state index contributed by atoms with van der Waals surface area (Å²) < 4.78 is 11.1. The van der Waals surface area contributed by atoms with E-state index in [1.165, 1.54) is 4.90 Å². The third-order valence-electron chi connectivity index (χ3n) is 6.34. The first-order chi connectivity index (χ1) is 19.0. The summed E-state index contributed by atoms with van der Waals surface area (Å²) in [6.45, 7) is 7.70. The second kappa shape index (κ2) is 14.2. The summed E-state index contributed by atoms with van der Waals surface area (Å²) in [5.74, 6) is -0.171. The summed E-state index contributed by atoms with van der Waals surface area (Å²) in [5, 5.41) is 3.85. The lowest BCUT2D eigenvalue weighted by Crippen LogP contribution is -2.59. The highest BCUT2D eigenvalue weighted by molar-refractivity contribution is 5.92. The van der Waals surface area contributed by atoms with E-state index in [1.807, 2.05) is 68.4 Å². The summed E-state index contributed by atoms with van der Waals surface area (Å²) in [4.78, 5) is 52.9. The Morgan fingerprint density at radius 2 is 1.68 bits per heavy atom. The van der Waals surface area contributed by atoms with Crippen LogP contribution in [0.15, 0.2) is 54.6 Å². The van der Waals surface area contributed by atoms with Gasteiger partial charge in [-0.15, -0.1) is 0 Å². The molecule has 1 fully saturated rings. The van der Waals surface area contributed by atoms with Crippen molar-refractivity contribution in [1.82, 2.24) is 20.7 Å². The SMILES string of the molecule is CC(C)Oc1ccc(C[C@H](NC(=O)OCc2ccccc2)C(=O)N2CCC[C@H]2C(=O)N(NC(N)=O)C(C)C)cc1. The van der Waals surface area contributed by atoms with Crippen LogP contribution in [0.1, 0.15) is 51.7 Å². The molecule has 3 rings (SSSR count). The predicted octanol–water partition coefficient (Wildman–Crippen LogP) is 3.12. The van der Waals surface area contributed by atoms with E-state index in [1.54, 1.807) is 13.8 Å². The van der Waals surface area contributed by atoms with Crippen molar-refractivity contribution in [3.63, 3.8) is 0 Å². The average Bonchev–Trinajstić information content (AvgIpc) is 3.40. The maximum Gasteiger partial charge on any atom is 0.408 e. The highest BCUT2D eigenvalue weighted by atomic mass is 16.5. The van der Waals surface area contributed by atoms with Gasteiger partial charge in [-0.3, -0.25) is 9.59 Å². The van der Waals surface area contributed by atoms with Crippen LogP contribution in [0.3, 0.4) is 0 Å². The van der Waals surface area contributed by atoms with E-state index < -0.39 is 36.0 Å². The minimum atomic E-state index is -0.995. The molecule has 216 valence electrons. The Morgan fingerprint density at radius 1 is 1.00 bits per heavy atom. The van der Waals surface area contributed by atoms with Crippen molar-refractivity contribution in [3.8, 4) is 5.75 Å². The van der Waals surface area contributed by atoms with Crippen LogP contribution in [0.4, 0.5) is 9.59 Å². The minimum Gasteiger partial charge on any atom is -0.491 e. The van der Waals surface area contributed by atoms with Gasteiger partial charge in [-0.2, -0.15) is 0 Å². The number of amides is 5. The first kappa shape index (κ1) is 30.3. The van der Waals surface area contributed by atoms with Crippen LogP contribution in [-0.2, 0) is 27.4 Å². The molecule has 1 saturated heterocycles. The Bertz CT molecular complexity index is 1160.